The van der Waals surface area contributed by atoms with E-state index in [9.17, 15) is 17.2 Å². The van der Waals surface area contributed by atoms with Gasteiger partial charge in [-0.3, -0.25) is 9.71 Å². The maximum Gasteiger partial charge on any atom is 0.264 e. The largest absolute Gasteiger partial charge is 0.391 e. The summed E-state index contributed by atoms with van der Waals surface area (Å²) >= 11 is 0. The first-order chi connectivity index (χ1) is 9.86. The van der Waals surface area contributed by atoms with Crippen LogP contribution in [0.15, 0.2) is 35.4 Å². The Bertz CT molecular complexity index is 779. The maximum atomic E-state index is 14.0. The molecule has 2 N–H and O–H groups in total. The van der Waals surface area contributed by atoms with Crippen LogP contribution in [-0.2, 0) is 16.6 Å². The van der Waals surface area contributed by atoms with E-state index in [0.29, 0.717) is 5.69 Å². The van der Waals surface area contributed by atoms with Crippen LogP contribution in [0.4, 0.5) is 14.5 Å². The predicted octanol–water partition coefficient (Wildman–Crippen LogP) is 1.96. The lowest BCUT2D eigenvalue weighted by Crippen LogP contribution is -2.17. The molecule has 0 aliphatic rings. The molecule has 0 amide bonds. The summed E-state index contributed by atoms with van der Waals surface area (Å²) in [6.45, 7) is 0.644. The van der Waals surface area contributed by atoms with Gasteiger partial charge in [0.2, 0.25) is 0 Å². The maximum absolute atomic E-state index is 14.0. The Balaban J connectivity index is 2.48. The molecule has 0 radical (unpaired) electrons. The SMILES string of the molecule is Cc1ncccc1NS(=O)(=O)c1ccc(F)c(CO)c1F. The quantitative estimate of drug-likeness (QED) is 0.904. The summed E-state index contributed by atoms with van der Waals surface area (Å²) in [5, 5.41) is 8.92. The average molecular weight is 314 g/mol. The highest BCUT2D eigenvalue weighted by Crippen LogP contribution is 2.24. The van der Waals surface area contributed by atoms with Crippen LogP contribution in [0.2, 0.25) is 0 Å². The summed E-state index contributed by atoms with van der Waals surface area (Å²) in [6, 6.07) is 4.58. The zero-order valence-electron chi connectivity index (χ0n) is 11.0. The number of hydrogen-bond donors (Lipinski definition) is 2. The number of rotatable bonds is 4. The van der Waals surface area contributed by atoms with Gasteiger partial charge in [-0.1, -0.05) is 0 Å². The van der Waals surface area contributed by atoms with E-state index in [-0.39, 0.29) is 5.69 Å². The molecule has 8 heteroatoms. The molecule has 0 fully saturated rings. The minimum atomic E-state index is -4.26. The van der Waals surface area contributed by atoms with Crippen LogP contribution in [0.25, 0.3) is 0 Å². The fourth-order valence-electron chi connectivity index (χ4n) is 1.72. The van der Waals surface area contributed by atoms with Crippen molar-refractivity contribution >= 4 is 15.7 Å². The van der Waals surface area contributed by atoms with Gasteiger partial charge in [0, 0.05) is 6.20 Å². The van der Waals surface area contributed by atoms with Crippen molar-refractivity contribution in [2.24, 2.45) is 0 Å². The Hall–Kier alpha value is -2.06. The zero-order valence-corrected chi connectivity index (χ0v) is 11.8. The lowest BCUT2D eigenvalue weighted by atomic mass is 10.2. The van der Waals surface area contributed by atoms with Crippen molar-refractivity contribution in [3.05, 3.63) is 53.4 Å². The van der Waals surface area contributed by atoms with E-state index in [1.165, 1.54) is 18.3 Å². The molecule has 2 rings (SSSR count). The Labute approximate surface area is 120 Å². The number of aliphatic hydroxyl groups excluding tert-OH is 1. The molecule has 5 nitrogen and oxygen atoms in total. The number of pyridine rings is 1. The van der Waals surface area contributed by atoms with Gasteiger partial charge in [-0.2, -0.15) is 0 Å². The molecule has 2 aromatic rings. The monoisotopic (exact) mass is 314 g/mol. The Morgan fingerprint density at radius 3 is 2.62 bits per heavy atom. The number of nitrogens with zero attached hydrogens (tertiary/aromatic N) is 1. The summed E-state index contributed by atoms with van der Waals surface area (Å²) < 4.78 is 53.8. The van der Waals surface area contributed by atoms with Gasteiger partial charge in [0.25, 0.3) is 10.0 Å². The number of benzene rings is 1. The number of hydrogen-bond acceptors (Lipinski definition) is 4. The minimum Gasteiger partial charge on any atom is -0.391 e. The molecule has 0 bridgehead atoms. The fourth-order valence-corrected chi connectivity index (χ4v) is 2.94. The normalized spacial score (nSPS) is 11.4. The molecule has 0 saturated heterocycles. The lowest BCUT2D eigenvalue weighted by molar-refractivity contribution is 0.267. The average Bonchev–Trinajstić information content (AvgIpc) is 2.41. The molecule has 21 heavy (non-hydrogen) atoms. The van der Waals surface area contributed by atoms with E-state index < -0.39 is 38.7 Å². The van der Waals surface area contributed by atoms with Crippen molar-refractivity contribution in [2.45, 2.75) is 18.4 Å². The Kier molecular flexibility index (Phi) is 4.19. The Morgan fingerprint density at radius 1 is 1.29 bits per heavy atom. The third-order valence-electron chi connectivity index (χ3n) is 2.85. The second-order valence-electron chi connectivity index (χ2n) is 4.24. The molecule has 0 aliphatic carbocycles. The smallest absolute Gasteiger partial charge is 0.264 e. The number of aryl methyl sites for hydroxylation is 1. The highest BCUT2D eigenvalue weighted by atomic mass is 32.2. The summed E-state index contributed by atoms with van der Waals surface area (Å²) in [7, 11) is -4.26. The summed E-state index contributed by atoms with van der Waals surface area (Å²) in [4.78, 5) is 3.17. The highest BCUT2D eigenvalue weighted by Gasteiger charge is 2.24. The van der Waals surface area contributed by atoms with Gasteiger partial charge in [-0.25, -0.2) is 17.2 Å². The first-order valence-corrected chi connectivity index (χ1v) is 7.37. The second-order valence-corrected chi connectivity index (χ2v) is 5.89. The van der Waals surface area contributed by atoms with Gasteiger partial charge in [0.1, 0.15) is 10.7 Å². The molecule has 112 valence electrons. The highest BCUT2D eigenvalue weighted by molar-refractivity contribution is 7.92. The van der Waals surface area contributed by atoms with Crippen molar-refractivity contribution in [3.8, 4) is 0 Å². The van der Waals surface area contributed by atoms with Crippen LogP contribution in [0.3, 0.4) is 0 Å². The molecule has 0 atom stereocenters. The van der Waals surface area contributed by atoms with E-state index >= 15 is 0 Å². The van der Waals surface area contributed by atoms with E-state index in [2.05, 4.69) is 9.71 Å². The number of halogens is 2. The summed E-state index contributed by atoms with van der Waals surface area (Å²) in [5.74, 6) is -2.32. The van der Waals surface area contributed by atoms with E-state index in [4.69, 9.17) is 5.11 Å². The standard InChI is InChI=1S/C13H12F2N2O3S/c1-8-11(3-2-6-16-8)17-21(19,20)12-5-4-10(14)9(7-18)13(12)15/h2-6,17-18H,7H2,1H3. The second kappa shape index (κ2) is 5.74. The van der Waals surface area contributed by atoms with E-state index in [0.717, 1.165) is 12.1 Å². The van der Waals surface area contributed by atoms with Gasteiger partial charge >= 0.3 is 0 Å². The number of anilines is 1. The van der Waals surface area contributed by atoms with Crippen LogP contribution in [-0.4, -0.2) is 18.5 Å². The topological polar surface area (TPSA) is 79.3 Å². The van der Waals surface area contributed by atoms with Crippen molar-refractivity contribution in [2.75, 3.05) is 4.72 Å². The Morgan fingerprint density at radius 2 is 2.00 bits per heavy atom. The van der Waals surface area contributed by atoms with Crippen molar-refractivity contribution < 1.29 is 22.3 Å². The zero-order chi connectivity index (χ0) is 15.6. The van der Waals surface area contributed by atoms with Crippen LogP contribution >= 0.6 is 0 Å². The number of aromatic nitrogens is 1. The predicted molar refractivity (Wildman–Crippen MR) is 72.1 cm³/mol. The van der Waals surface area contributed by atoms with Crippen molar-refractivity contribution in [1.82, 2.24) is 4.98 Å². The summed E-state index contributed by atoms with van der Waals surface area (Å²) in [5.41, 5.74) is -0.0986. The van der Waals surface area contributed by atoms with Crippen LogP contribution < -0.4 is 4.72 Å². The third-order valence-corrected chi connectivity index (χ3v) is 4.23. The number of aliphatic hydroxyl groups is 1. The fraction of sp³-hybridized carbons (Fsp3) is 0.154. The molecule has 1 aromatic carbocycles. The lowest BCUT2D eigenvalue weighted by Gasteiger charge is -2.12. The van der Waals surface area contributed by atoms with Crippen molar-refractivity contribution in [1.29, 1.82) is 0 Å². The van der Waals surface area contributed by atoms with Gasteiger partial charge in [0.15, 0.2) is 5.82 Å². The third kappa shape index (κ3) is 3.01. The van der Waals surface area contributed by atoms with Crippen LogP contribution in [0, 0.1) is 18.6 Å². The molecule has 0 spiro atoms. The van der Waals surface area contributed by atoms with Crippen LogP contribution in [0.1, 0.15) is 11.3 Å². The molecule has 1 heterocycles. The van der Waals surface area contributed by atoms with E-state index in [1.807, 2.05) is 0 Å². The minimum absolute atomic E-state index is 0.187. The molecular formula is C13H12F2N2O3S. The number of sulfonamides is 1. The van der Waals surface area contributed by atoms with Gasteiger partial charge in [0.05, 0.1) is 23.6 Å². The van der Waals surface area contributed by atoms with Crippen molar-refractivity contribution in [3.63, 3.8) is 0 Å². The molecule has 0 saturated carbocycles. The molecule has 1 aromatic heterocycles. The molecule has 0 unspecified atom stereocenters. The van der Waals surface area contributed by atoms with Gasteiger partial charge < -0.3 is 5.11 Å². The first-order valence-electron chi connectivity index (χ1n) is 5.89. The number of nitrogens with one attached hydrogen (secondary N) is 1. The molecular weight excluding hydrogens is 302 g/mol. The summed E-state index contributed by atoms with van der Waals surface area (Å²) in [6.07, 6.45) is 1.48. The first kappa shape index (κ1) is 15.3. The van der Waals surface area contributed by atoms with Crippen LogP contribution in [0.5, 0.6) is 0 Å². The van der Waals surface area contributed by atoms with Gasteiger partial charge in [-0.05, 0) is 31.2 Å². The molecule has 0 aliphatic heterocycles. The van der Waals surface area contributed by atoms with Gasteiger partial charge in [-0.15, -0.1) is 0 Å². The van der Waals surface area contributed by atoms with E-state index in [1.54, 1.807) is 6.92 Å².